The van der Waals surface area contributed by atoms with Crippen molar-refractivity contribution in [3.8, 4) is 5.75 Å². The lowest BCUT2D eigenvalue weighted by Gasteiger charge is -2.25. The summed E-state index contributed by atoms with van der Waals surface area (Å²) in [6.07, 6.45) is 0.0529. The highest BCUT2D eigenvalue weighted by atomic mass is 16.5. The van der Waals surface area contributed by atoms with Crippen LogP contribution in [-0.4, -0.2) is 29.3 Å². The Hall–Kier alpha value is -1.06. The van der Waals surface area contributed by atoms with Gasteiger partial charge >= 0.3 is 0 Å². The Kier molecular flexibility index (Phi) is 2.44. The molecule has 1 heterocycles. The van der Waals surface area contributed by atoms with E-state index in [1.54, 1.807) is 12.1 Å². The van der Waals surface area contributed by atoms with Gasteiger partial charge in [-0.2, -0.15) is 0 Å². The predicted octanol–water partition coefficient (Wildman–Crippen LogP) is 2.13. The lowest BCUT2D eigenvalue weighted by atomic mass is 10.1. The van der Waals surface area contributed by atoms with Crippen LogP contribution in [-0.2, 0) is 4.74 Å². The van der Waals surface area contributed by atoms with Crippen LogP contribution in [0, 0.1) is 0 Å². The van der Waals surface area contributed by atoms with E-state index in [1.807, 2.05) is 19.2 Å². The molecule has 0 saturated carbocycles. The number of likely N-dealkylation sites (N-methyl/N-ethyl adjacent to an activating group) is 1. The van der Waals surface area contributed by atoms with Crippen LogP contribution in [0.5, 0.6) is 5.75 Å². The van der Waals surface area contributed by atoms with E-state index in [9.17, 15) is 5.11 Å². The largest absolute Gasteiger partial charge is 0.508 e. The van der Waals surface area contributed by atoms with Crippen molar-refractivity contribution >= 4 is 0 Å². The molecule has 3 heteroatoms. The number of hydrogen-bond acceptors (Lipinski definition) is 3. The second-order valence-electron chi connectivity index (χ2n) is 4.53. The summed E-state index contributed by atoms with van der Waals surface area (Å²) in [6, 6.07) is 7.27. The molecule has 1 saturated heterocycles. The van der Waals surface area contributed by atoms with Crippen molar-refractivity contribution in [2.24, 2.45) is 0 Å². The minimum absolute atomic E-state index is 0.0529. The SMILES string of the molecule is CN1C[C@@H](c2cccc(O)c2)OC1(C)C. The van der Waals surface area contributed by atoms with E-state index < -0.39 is 0 Å². The summed E-state index contributed by atoms with van der Waals surface area (Å²) in [4.78, 5) is 2.17. The molecular formula is C12H17NO2. The smallest absolute Gasteiger partial charge is 0.116 e. The van der Waals surface area contributed by atoms with Gasteiger partial charge in [0.15, 0.2) is 0 Å². The van der Waals surface area contributed by atoms with Crippen LogP contribution < -0.4 is 0 Å². The van der Waals surface area contributed by atoms with Crippen molar-refractivity contribution in [3.63, 3.8) is 0 Å². The third-order valence-electron chi connectivity index (χ3n) is 3.03. The minimum atomic E-state index is -0.226. The Balaban J connectivity index is 2.21. The zero-order valence-corrected chi connectivity index (χ0v) is 9.40. The number of phenolic OH excluding ortho intramolecular Hbond substituents is 1. The first-order chi connectivity index (χ1) is 6.99. The highest BCUT2D eigenvalue weighted by Gasteiger charge is 2.37. The number of aromatic hydroxyl groups is 1. The highest BCUT2D eigenvalue weighted by molar-refractivity contribution is 5.29. The maximum absolute atomic E-state index is 9.40. The molecule has 1 aliphatic heterocycles. The van der Waals surface area contributed by atoms with E-state index in [0.717, 1.165) is 12.1 Å². The molecule has 0 spiro atoms. The van der Waals surface area contributed by atoms with E-state index in [2.05, 4.69) is 18.7 Å². The van der Waals surface area contributed by atoms with Crippen molar-refractivity contribution in [3.05, 3.63) is 29.8 Å². The van der Waals surface area contributed by atoms with Gasteiger partial charge in [0.25, 0.3) is 0 Å². The van der Waals surface area contributed by atoms with Crippen molar-refractivity contribution in [1.29, 1.82) is 0 Å². The summed E-state index contributed by atoms with van der Waals surface area (Å²) in [7, 11) is 2.04. The lowest BCUT2D eigenvalue weighted by Crippen LogP contribution is -2.35. The molecule has 1 atom stereocenters. The van der Waals surface area contributed by atoms with E-state index in [1.165, 1.54) is 0 Å². The number of benzene rings is 1. The second-order valence-corrected chi connectivity index (χ2v) is 4.53. The number of hydrogen-bond donors (Lipinski definition) is 1. The standard InChI is InChI=1S/C12H17NO2/c1-12(2)13(3)8-11(15-12)9-5-4-6-10(14)7-9/h4-7,11,14H,8H2,1-3H3/t11-/m0/s1. The first-order valence-corrected chi connectivity index (χ1v) is 5.17. The molecule has 2 rings (SSSR count). The average Bonchev–Trinajstić information content (AvgIpc) is 2.42. The van der Waals surface area contributed by atoms with Crippen LogP contribution >= 0.6 is 0 Å². The number of rotatable bonds is 1. The van der Waals surface area contributed by atoms with Gasteiger partial charge < -0.3 is 9.84 Å². The fraction of sp³-hybridized carbons (Fsp3) is 0.500. The average molecular weight is 207 g/mol. The van der Waals surface area contributed by atoms with Crippen LogP contribution in [0.1, 0.15) is 25.5 Å². The molecular weight excluding hydrogens is 190 g/mol. The normalized spacial score (nSPS) is 25.7. The van der Waals surface area contributed by atoms with Gasteiger partial charge in [-0.3, -0.25) is 4.90 Å². The Morgan fingerprint density at radius 3 is 2.73 bits per heavy atom. The molecule has 1 aromatic rings. The summed E-state index contributed by atoms with van der Waals surface area (Å²) in [5.41, 5.74) is 0.809. The number of nitrogens with zero attached hydrogens (tertiary/aromatic N) is 1. The number of phenols is 1. The Bertz CT molecular complexity index is 362. The highest BCUT2D eigenvalue weighted by Crippen LogP contribution is 2.34. The van der Waals surface area contributed by atoms with E-state index in [4.69, 9.17) is 4.74 Å². The molecule has 0 amide bonds. The molecule has 0 radical (unpaired) electrons. The fourth-order valence-corrected chi connectivity index (χ4v) is 1.84. The number of ether oxygens (including phenoxy) is 1. The van der Waals surface area contributed by atoms with Gasteiger partial charge in [0.2, 0.25) is 0 Å². The van der Waals surface area contributed by atoms with Gasteiger partial charge in [0.05, 0.1) is 6.10 Å². The maximum Gasteiger partial charge on any atom is 0.116 e. The molecule has 82 valence electrons. The minimum Gasteiger partial charge on any atom is -0.508 e. The van der Waals surface area contributed by atoms with Gasteiger partial charge in [-0.1, -0.05) is 12.1 Å². The second kappa shape index (κ2) is 3.51. The van der Waals surface area contributed by atoms with Crippen LogP contribution in [0.4, 0.5) is 0 Å². The lowest BCUT2D eigenvalue weighted by molar-refractivity contribution is -0.0681. The first-order valence-electron chi connectivity index (χ1n) is 5.17. The molecule has 1 N–H and O–H groups in total. The van der Waals surface area contributed by atoms with E-state index in [0.29, 0.717) is 5.75 Å². The van der Waals surface area contributed by atoms with E-state index in [-0.39, 0.29) is 11.8 Å². The van der Waals surface area contributed by atoms with Gasteiger partial charge in [-0.15, -0.1) is 0 Å². The van der Waals surface area contributed by atoms with Crippen molar-refractivity contribution in [2.45, 2.75) is 25.7 Å². The summed E-state index contributed by atoms with van der Waals surface area (Å²) < 4.78 is 5.92. The Morgan fingerprint density at radius 1 is 1.47 bits per heavy atom. The monoisotopic (exact) mass is 207 g/mol. The maximum atomic E-state index is 9.40. The molecule has 3 nitrogen and oxygen atoms in total. The third-order valence-corrected chi connectivity index (χ3v) is 3.03. The summed E-state index contributed by atoms with van der Waals surface area (Å²) in [5, 5.41) is 9.40. The van der Waals surface area contributed by atoms with Crippen molar-refractivity contribution in [1.82, 2.24) is 4.90 Å². The van der Waals surface area contributed by atoms with Gasteiger partial charge in [-0.25, -0.2) is 0 Å². The summed E-state index contributed by atoms with van der Waals surface area (Å²) in [5.74, 6) is 0.295. The summed E-state index contributed by atoms with van der Waals surface area (Å²) >= 11 is 0. The van der Waals surface area contributed by atoms with Gasteiger partial charge in [0, 0.05) is 6.54 Å². The topological polar surface area (TPSA) is 32.7 Å². The Morgan fingerprint density at radius 2 is 2.20 bits per heavy atom. The summed E-state index contributed by atoms with van der Waals surface area (Å²) in [6.45, 7) is 4.96. The zero-order chi connectivity index (χ0) is 11.1. The van der Waals surface area contributed by atoms with Crippen LogP contribution in [0.25, 0.3) is 0 Å². The van der Waals surface area contributed by atoms with Crippen molar-refractivity contribution < 1.29 is 9.84 Å². The van der Waals surface area contributed by atoms with Crippen molar-refractivity contribution in [2.75, 3.05) is 13.6 Å². The molecule has 0 aromatic heterocycles. The zero-order valence-electron chi connectivity index (χ0n) is 9.40. The third kappa shape index (κ3) is 1.98. The molecule has 1 fully saturated rings. The first kappa shape index (κ1) is 10.5. The molecule has 1 aromatic carbocycles. The van der Waals surface area contributed by atoms with Crippen LogP contribution in [0.2, 0.25) is 0 Å². The van der Waals surface area contributed by atoms with Crippen LogP contribution in [0.3, 0.4) is 0 Å². The van der Waals surface area contributed by atoms with Gasteiger partial charge in [-0.05, 0) is 38.6 Å². The predicted molar refractivity (Wildman–Crippen MR) is 58.6 cm³/mol. The molecule has 0 aliphatic carbocycles. The van der Waals surface area contributed by atoms with Crippen LogP contribution in [0.15, 0.2) is 24.3 Å². The molecule has 1 aliphatic rings. The quantitative estimate of drug-likeness (QED) is 0.765. The molecule has 15 heavy (non-hydrogen) atoms. The molecule has 0 unspecified atom stereocenters. The fourth-order valence-electron chi connectivity index (χ4n) is 1.84. The van der Waals surface area contributed by atoms with E-state index >= 15 is 0 Å². The van der Waals surface area contributed by atoms with Gasteiger partial charge in [0.1, 0.15) is 11.5 Å². The molecule has 0 bridgehead atoms. The Labute approximate surface area is 90.3 Å².